The smallest absolute Gasteiger partial charge is 0.423 e. The number of rotatable bonds is 9. The van der Waals surface area contributed by atoms with Gasteiger partial charge < -0.3 is 14.8 Å². The predicted octanol–water partition coefficient (Wildman–Crippen LogP) is 1.00. The quantitative estimate of drug-likeness (QED) is 0.662. The number of methoxy groups -OCH3 is 1. The molecule has 0 unspecified atom stereocenters. The molecule has 0 spiro atoms. The summed E-state index contributed by atoms with van der Waals surface area (Å²) in [6.45, 7) is 6.60. The molecule has 0 amide bonds. The van der Waals surface area contributed by atoms with Crippen molar-refractivity contribution in [3.8, 4) is 0 Å². The number of ether oxygens (including phenoxy) is 1. The summed E-state index contributed by atoms with van der Waals surface area (Å²) >= 11 is 0. The molecular formula is C15H26BNO3. The molecule has 0 heterocycles. The molecule has 0 radical (unpaired) electrons. The Balaban J connectivity index is 2.88. The van der Waals surface area contributed by atoms with Gasteiger partial charge >= 0.3 is 7.12 Å². The minimum absolute atomic E-state index is 0.481. The third-order valence-corrected chi connectivity index (χ3v) is 3.75. The van der Waals surface area contributed by atoms with Gasteiger partial charge in [-0.2, -0.15) is 0 Å². The summed E-state index contributed by atoms with van der Waals surface area (Å²) in [7, 11) is 0.286. The molecule has 2 N–H and O–H groups in total. The molecule has 0 aromatic heterocycles. The van der Waals surface area contributed by atoms with Gasteiger partial charge in [0.05, 0.1) is 6.61 Å². The van der Waals surface area contributed by atoms with E-state index in [0.29, 0.717) is 24.7 Å². The maximum Gasteiger partial charge on any atom is 0.488 e. The van der Waals surface area contributed by atoms with Crippen molar-refractivity contribution in [1.29, 1.82) is 0 Å². The number of benzene rings is 1. The van der Waals surface area contributed by atoms with Crippen molar-refractivity contribution in [2.45, 2.75) is 39.3 Å². The minimum atomic E-state index is -1.42. The third kappa shape index (κ3) is 4.91. The van der Waals surface area contributed by atoms with E-state index in [-0.39, 0.29) is 0 Å². The Bertz CT molecular complexity index is 383. The molecule has 1 aromatic rings. The normalized spacial score (nSPS) is 11.3. The number of hydrogen-bond acceptors (Lipinski definition) is 4. The van der Waals surface area contributed by atoms with Crippen LogP contribution in [0, 0.1) is 0 Å². The van der Waals surface area contributed by atoms with E-state index in [1.54, 1.807) is 13.2 Å². The van der Waals surface area contributed by atoms with Gasteiger partial charge in [-0.15, -0.1) is 0 Å². The first kappa shape index (κ1) is 17.2. The molecular weight excluding hydrogens is 253 g/mol. The summed E-state index contributed by atoms with van der Waals surface area (Å²) in [6.07, 6.45) is 2.15. The van der Waals surface area contributed by atoms with E-state index in [1.165, 1.54) is 0 Å². The Morgan fingerprint density at radius 3 is 2.40 bits per heavy atom. The van der Waals surface area contributed by atoms with E-state index >= 15 is 0 Å². The number of nitrogens with zero attached hydrogens (tertiary/aromatic N) is 1. The molecule has 0 saturated heterocycles. The molecule has 0 saturated carbocycles. The molecule has 0 atom stereocenters. The summed E-state index contributed by atoms with van der Waals surface area (Å²) < 4.78 is 5.19. The SMILES string of the molecule is CCC(CC)N(CCOC)Cc1ccccc1B(O)O. The van der Waals surface area contributed by atoms with Gasteiger partial charge in [0.2, 0.25) is 0 Å². The van der Waals surface area contributed by atoms with Crippen molar-refractivity contribution >= 4 is 12.6 Å². The molecule has 1 aromatic carbocycles. The zero-order valence-corrected chi connectivity index (χ0v) is 12.7. The van der Waals surface area contributed by atoms with Gasteiger partial charge in [-0.3, -0.25) is 4.90 Å². The van der Waals surface area contributed by atoms with Crippen LogP contribution in [-0.2, 0) is 11.3 Å². The molecule has 5 heteroatoms. The largest absolute Gasteiger partial charge is 0.488 e. The van der Waals surface area contributed by atoms with Crippen molar-refractivity contribution in [3.05, 3.63) is 29.8 Å². The lowest BCUT2D eigenvalue weighted by molar-refractivity contribution is 0.110. The van der Waals surface area contributed by atoms with E-state index < -0.39 is 7.12 Å². The fourth-order valence-corrected chi connectivity index (χ4v) is 2.55. The van der Waals surface area contributed by atoms with Crippen molar-refractivity contribution in [1.82, 2.24) is 4.90 Å². The van der Waals surface area contributed by atoms with Crippen LogP contribution in [0.25, 0.3) is 0 Å². The van der Waals surface area contributed by atoms with Crippen LogP contribution >= 0.6 is 0 Å². The maximum atomic E-state index is 9.46. The van der Waals surface area contributed by atoms with Crippen LogP contribution in [0.5, 0.6) is 0 Å². The maximum absolute atomic E-state index is 9.46. The Labute approximate surface area is 122 Å². The van der Waals surface area contributed by atoms with Crippen LogP contribution in [0.3, 0.4) is 0 Å². The fourth-order valence-electron chi connectivity index (χ4n) is 2.55. The topological polar surface area (TPSA) is 52.9 Å². The Kier molecular flexibility index (Phi) is 7.84. The highest BCUT2D eigenvalue weighted by atomic mass is 16.5. The lowest BCUT2D eigenvalue weighted by atomic mass is 9.77. The van der Waals surface area contributed by atoms with Crippen LogP contribution in [-0.4, -0.2) is 48.4 Å². The van der Waals surface area contributed by atoms with Gasteiger partial charge in [-0.1, -0.05) is 38.1 Å². The van der Waals surface area contributed by atoms with Crippen molar-refractivity contribution in [2.75, 3.05) is 20.3 Å². The molecule has 112 valence electrons. The van der Waals surface area contributed by atoms with Crippen LogP contribution in [0.15, 0.2) is 24.3 Å². The van der Waals surface area contributed by atoms with Gasteiger partial charge in [0.25, 0.3) is 0 Å². The zero-order chi connectivity index (χ0) is 15.0. The lowest BCUT2D eigenvalue weighted by Gasteiger charge is -2.31. The highest BCUT2D eigenvalue weighted by Gasteiger charge is 2.20. The average molecular weight is 279 g/mol. The molecule has 1 rings (SSSR count). The summed E-state index contributed by atoms with van der Waals surface area (Å²) in [5, 5.41) is 18.9. The van der Waals surface area contributed by atoms with Gasteiger partial charge in [-0.25, -0.2) is 0 Å². The fraction of sp³-hybridized carbons (Fsp3) is 0.600. The van der Waals surface area contributed by atoms with Gasteiger partial charge in [0.1, 0.15) is 0 Å². The Morgan fingerprint density at radius 2 is 1.85 bits per heavy atom. The predicted molar refractivity (Wildman–Crippen MR) is 82.9 cm³/mol. The highest BCUT2D eigenvalue weighted by molar-refractivity contribution is 6.59. The molecule has 0 bridgehead atoms. The second-order valence-electron chi connectivity index (χ2n) is 5.01. The summed E-state index contributed by atoms with van der Waals surface area (Å²) in [4.78, 5) is 2.35. The monoisotopic (exact) mass is 279 g/mol. The molecule has 20 heavy (non-hydrogen) atoms. The second-order valence-corrected chi connectivity index (χ2v) is 5.01. The molecule has 0 aliphatic carbocycles. The van der Waals surface area contributed by atoms with Crippen LogP contribution in [0.1, 0.15) is 32.3 Å². The zero-order valence-electron chi connectivity index (χ0n) is 12.7. The summed E-state index contributed by atoms with van der Waals surface area (Å²) in [5.74, 6) is 0. The van der Waals surface area contributed by atoms with Crippen LogP contribution in [0.4, 0.5) is 0 Å². The van der Waals surface area contributed by atoms with Gasteiger partial charge in [0.15, 0.2) is 0 Å². The summed E-state index contributed by atoms with van der Waals surface area (Å²) in [5.41, 5.74) is 1.55. The number of hydrogen-bond donors (Lipinski definition) is 2. The van der Waals surface area contributed by atoms with E-state index in [1.807, 2.05) is 18.2 Å². The molecule has 0 aliphatic rings. The van der Waals surface area contributed by atoms with Gasteiger partial charge in [0, 0.05) is 26.2 Å². The van der Waals surface area contributed by atoms with E-state index in [0.717, 1.165) is 24.9 Å². The molecule has 0 aliphatic heterocycles. The lowest BCUT2D eigenvalue weighted by Crippen LogP contribution is -2.40. The van der Waals surface area contributed by atoms with Crippen LogP contribution in [0.2, 0.25) is 0 Å². The minimum Gasteiger partial charge on any atom is -0.423 e. The molecule has 0 fully saturated rings. The average Bonchev–Trinajstić information content (AvgIpc) is 2.46. The van der Waals surface area contributed by atoms with Crippen molar-refractivity contribution in [2.24, 2.45) is 0 Å². The molecule has 4 nitrogen and oxygen atoms in total. The summed E-state index contributed by atoms with van der Waals surface area (Å²) in [6, 6.07) is 7.96. The Hall–Kier alpha value is -0.875. The first-order valence-electron chi connectivity index (χ1n) is 7.30. The highest BCUT2D eigenvalue weighted by Crippen LogP contribution is 2.12. The first-order chi connectivity index (χ1) is 9.63. The van der Waals surface area contributed by atoms with E-state index in [4.69, 9.17) is 4.74 Å². The van der Waals surface area contributed by atoms with Crippen molar-refractivity contribution < 1.29 is 14.8 Å². The first-order valence-corrected chi connectivity index (χ1v) is 7.30. The van der Waals surface area contributed by atoms with Crippen molar-refractivity contribution in [3.63, 3.8) is 0 Å². The van der Waals surface area contributed by atoms with E-state index in [9.17, 15) is 10.0 Å². The second kappa shape index (κ2) is 9.13. The van der Waals surface area contributed by atoms with E-state index in [2.05, 4.69) is 18.7 Å². The standard InChI is InChI=1S/C15H26BNO3/c1-4-14(5-2)17(10-11-20-3)12-13-8-6-7-9-15(13)16(18)19/h6-9,14,18-19H,4-5,10-12H2,1-3H3. The Morgan fingerprint density at radius 1 is 1.20 bits per heavy atom. The van der Waals surface area contributed by atoms with Gasteiger partial charge in [-0.05, 0) is 23.9 Å². The van der Waals surface area contributed by atoms with Crippen LogP contribution < -0.4 is 5.46 Å². The third-order valence-electron chi connectivity index (χ3n) is 3.75.